The summed E-state index contributed by atoms with van der Waals surface area (Å²) in [6.45, 7) is 0. The van der Waals surface area contributed by atoms with Gasteiger partial charge < -0.3 is 0 Å². The van der Waals surface area contributed by atoms with Crippen LogP contribution in [-0.2, 0) is 0 Å². The van der Waals surface area contributed by atoms with Gasteiger partial charge in [-0.3, -0.25) is 0 Å². The van der Waals surface area contributed by atoms with Gasteiger partial charge in [-0.2, -0.15) is 0 Å². The molecule has 0 saturated carbocycles. The Morgan fingerprint density at radius 2 is 0.650 bits per heavy atom. The van der Waals surface area contributed by atoms with Crippen LogP contribution in [0.5, 0.6) is 0 Å². The number of hydrogen-bond acceptors (Lipinski definition) is 4. The van der Waals surface area contributed by atoms with Gasteiger partial charge in [-0.1, -0.05) is 83.8 Å². The van der Waals surface area contributed by atoms with Gasteiger partial charge in [0, 0.05) is 22.3 Å². The number of thiophene rings is 4. The minimum atomic E-state index is 0.905. The zero-order valence-corrected chi connectivity index (χ0v) is 24.3. The first-order valence-corrected chi connectivity index (χ1v) is 15.8. The van der Waals surface area contributed by atoms with Gasteiger partial charge in [0.15, 0.2) is 0 Å². The van der Waals surface area contributed by atoms with Gasteiger partial charge in [-0.05, 0) is 81.2 Å². The summed E-state index contributed by atoms with van der Waals surface area (Å²) in [5.74, 6) is 26.6. The van der Waals surface area contributed by atoms with Crippen molar-refractivity contribution in [2.45, 2.75) is 0 Å². The lowest BCUT2D eigenvalue weighted by Gasteiger charge is -2.07. The third-order valence-corrected chi connectivity index (χ3v) is 8.88. The lowest BCUT2D eigenvalue weighted by molar-refractivity contribution is 1.53. The van der Waals surface area contributed by atoms with Crippen molar-refractivity contribution in [2.24, 2.45) is 0 Å². The molecule has 0 amide bonds. The molecular weight excluding hydrogens is 561 g/mol. The van der Waals surface area contributed by atoms with Crippen molar-refractivity contribution in [3.05, 3.63) is 148 Å². The van der Waals surface area contributed by atoms with Gasteiger partial charge in [0.25, 0.3) is 0 Å². The molecule has 0 fully saturated rings. The molecule has 6 aromatic rings. The average molecular weight is 579 g/mol. The molecule has 0 bridgehead atoms. The van der Waals surface area contributed by atoms with Gasteiger partial charge >= 0.3 is 0 Å². The summed E-state index contributed by atoms with van der Waals surface area (Å²) in [4.78, 5) is 4.13. The Morgan fingerprint density at radius 3 is 0.950 bits per heavy atom. The molecule has 0 aliphatic heterocycles. The Bertz CT molecular complexity index is 1840. The van der Waals surface area contributed by atoms with Crippen molar-refractivity contribution < 1.29 is 0 Å². The standard InChI is InChI=1S/C36H18S4/c1-5-33(37-21-1)17-13-27-9-11-31(25-29(27)15-19-35-7-3-23-39-35)32-12-10-28(14-18-34-6-2-22-38-34)30(26-32)16-20-36-8-4-24-40-36/h1-12,21-26H. The van der Waals surface area contributed by atoms with E-state index < -0.39 is 0 Å². The lowest BCUT2D eigenvalue weighted by atomic mass is 9.96. The molecule has 0 aliphatic rings. The summed E-state index contributed by atoms with van der Waals surface area (Å²) >= 11 is 6.55. The second kappa shape index (κ2) is 12.6. The molecule has 4 aromatic heterocycles. The molecule has 0 nitrogen and oxygen atoms in total. The summed E-state index contributed by atoms with van der Waals surface area (Å²) in [7, 11) is 0. The van der Waals surface area contributed by atoms with E-state index in [2.05, 4.69) is 83.8 Å². The third kappa shape index (κ3) is 6.54. The number of rotatable bonds is 1. The minimum absolute atomic E-state index is 0.905. The second-order valence-electron chi connectivity index (χ2n) is 8.43. The van der Waals surface area contributed by atoms with E-state index in [-0.39, 0.29) is 0 Å². The van der Waals surface area contributed by atoms with Crippen LogP contribution in [0.3, 0.4) is 0 Å². The maximum atomic E-state index is 3.38. The van der Waals surface area contributed by atoms with Crippen molar-refractivity contribution in [2.75, 3.05) is 0 Å². The third-order valence-electron chi connectivity index (χ3n) is 5.74. The normalized spacial score (nSPS) is 9.70. The van der Waals surface area contributed by atoms with E-state index in [0.29, 0.717) is 0 Å². The molecule has 0 atom stereocenters. The first-order chi connectivity index (χ1) is 19.8. The molecule has 4 heteroatoms. The molecule has 186 valence electrons. The van der Waals surface area contributed by atoms with Crippen LogP contribution in [0, 0.1) is 47.4 Å². The maximum Gasteiger partial charge on any atom is 0.0772 e. The van der Waals surface area contributed by atoms with E-state index >= 15 is 0 Å². The van der Waals surface area contributed by atoms with Crippen molar-refractivity contribution in [3.63, 3.8) is 0 Å². The maximum absolute atomic E-state index is 3.38. The van der Waals surface area contributed by atoms with E-state index in [1.54, 1.807) is 45.3 Å². The van der Waals surface area contributed by atoms with Crippen molar-refractivity contribution >= 4 is 45.3 Å². The zero-order valence-electron chi connectivity index (χ0n) is 21.0. The fraction of sp³-hybridized carbons (Fsp3) is 0. The highest BCUT2D eigenvalue weighted by atomic mass is 32.1. The van der Waals surface area contributed by atoms with Crippen molar-refractivity contribution in [3.8, 4) is 58.5 Å². The first kappa shape index (κ1) is 25.7. The average Bonchev–Trinajstić information content (AvgIpc) is 3.82. The quantitative estimate of drug-likeness (QED) is 0.171. The number of hydrogen-bond donors (Lipinski definition) is 0. The predicted molar refractivity (Wildman–Crippen MR) is 173 cm³/mol. The summed E-state index contributed by atoms with van der Waals surface area (Å²) in [6.07, 6.45) is 0. The smallest absolute Gasteiger partial charge is 0.0772 e. The van der Waals surface area contributed by atoms with Crippen LogP contribution in [0.15, 0.2) is 106 Å². The fourth-order valence-corrected chi connectivity index (χ4v) is 6.07. The van der Waals surface area contributed by atoms with Crippen LogP contribution in [0.25, 0.3) is 11.1 Å². The molecule has 0 saturated heterocycles. The van der Waals surface area contributed by atoms with Crippen LogP contribution < -0.4 is 0 Å². The van der Waals surface area contributed by atoms with Crippen LogP contribution in [0.1, 0.15) is 41.8 Å². The molecule has 0 radical (unpaired) electrons. The molecule has 0 N–H and O–H groups in total. The highest BCUT2D eigenvalue weighted by molar-refractivity contribution is 7.11. The van der Waals surface area contributed by atoms with E-state index in [1.807, 2.05) is 70.1 Å². The first-order valence-electron chi connectivity index (χ1n) is 12.3. The molecule has 4 heterocycles. The van der Waals surface area contributed by atoms with E-state index in [0.717, 1.165) is 52.9 Å². The van der Waals surface area contributed by atoms with Gasteiger partial charge in [0.05, 0.1) is 19.5 Å². The van der Waals surface area contributed by atoms with Gasteiger partial charge in [0.1, 0.15) is 0 Å². The molecule has 0 unspecified atom stereocenters. The Balaban J connectivity index is 1.42. The Hall–Kier alpha value is -4.52. The van der Waals surface area contributed by atoms with E-state index in [9.17, 15) is 0 Å². The van der Waals surface area contributed by atoms with Gasteiger partial charge in [-0.15, -0.1) is 45.3 Å². The predicted octanol–water partition coefficient (Wildman–Crippen LogP) is 9.20. The van der Waals surface area contributed by atoms with E-state index in [1.165, 1.54) is 0 Å². The van der Waals surface area contributed by atoms with Crippen molar-refractivity contribution in [1.29, 1.82) is 0 Å². The zero-order chi connectivity index (χ0) is 27.0. The Morgan fingerprint density at radius 1 is 0.325 bits per heavy atom. The summed E-state index contributed by atoms with van der Waals surface area (Å²) in [5.41, 5.74) is 5.77. The van der Waals surface area contributed by atoms with Gasteiger partial charge in [0.2, 0.25) is 0 Å². The Labute approximate surface area is 250 Å². The largest absolute Gasteiger partial charge is 0.135 e. The van der Waals surface area contributed by atoms with Crippen LogP contribution in [-0.4, -0.2) is 0 Å². The summed E-state index contributed by atoms with van der Waals surface area (Å²) in [6, 6.07) is 28.8. The van der Waals surface area contributed by atoms with Crippen LogP contribution >= 0.6 is 45.3 Å². The number of benzene rings is 2. The topological polar surface area (TPSA) is 0 Å². The Kier molecular flexibility index (Phi) is 8.08. The molecule has 0 aliphatic carbocycles. The highest BCUT2D eigenvalue weighted by Crippen LogP contribution is 2.25. The monoisotopic (exact) mass is 578 g/mol. The fourth-order valence-electron chi connectivity index (χ4n) is 3.79. The summed E-state index contributed by atoms with van der Waals surface area (Å²) in [5, 5.41) is 8.16. The molecule has 6 rings (SSSR count). The molecule has 2 aromatic carbocycles. The lowest BCUT2D eigenvalue weighted by Crippen LogP contribution is -1.90. The molecular formula is C36H18S4. The molecule has 40 heavy (non-hydrogen) atoms. The second-order valence-corrected chi connectivity index (χ2v) is 12.2. The molecule has 0 spiro atoms. The van der Waals surface area contributed by atoms with E-state index in [4.69, 9.17) is 0 Å². The van der Waals surface area contributed by atoms with Crippen LogP contribution in [0.4, 0.5) is 0 Å². The van der Waals surface area contributed by atoms with Gasteiger partial charge in [-0.25, -0.2) is 0 Å². The van der Waals surface area contributed by atoms with Crippen LogP contribution in [0.2, 0.25) is 0 Å². The SMILES string of the molecule is C(#Cc1ccc(-c2ccc(C#Cc3cccs3)c(C#Cc3cccs3)c2)cc1C#Cc1cccs1)c1cccs1. The summed E-state index contributed by atoms with van der Waals surface area (Å²) < 4.78 is 0. The minimum Gasteiger partial charge on any atom is -0.135 e. The van der Waals surface area contributed by atoms with Crippen molar-refractivity contribution in [1.82, 2.24) is 0 Å². The highest BCUT2D eigenvalue weighted by Gasteiger charge is 2.07.